The molecule has 1 amide bonds. The van der Waals surface area contributed by atoms with Gasteiger partial charge in [0.15, 0.2) is 0 Å². The summed E-state index contributed by atoms with van der Waals surface area (Å²) in [6, 6.07) is 5.77. The molecule has 1 aliphatic rings. The molecule has 0 radical (unpaired) electrons. The number of carbonyl (C=O) groups is 1. The lowest BCUT2D eigenvalue weighted by Gasteiger charge is -2.35. The van der Waals surface area contributed by atoms with Crippen molar-refractivity contribution < 1.29 is 14.3 Å². The van der Waals surface area contributed by atoms with Crippen LogP contribution in [0.25, 0.3) is 10.9 Å². The van der Waals surface area contributed by atoms with Crippen LogP contribution in [0.5, 0.6) is 0 Å². The van der Waals surface area contributed by atoms with Crippen LogP contribution in [0.4, 0.5) is 5.69 Å². The molecule has 0 unspecified atom stereocenters. The maximum Gasteiger partial charge on any atom is 0.233 e. The number of aromatic nitrogens is 1. The predicted octanol–water partition coefficient (Wildman–Crippen LogP) is 2.68. The Balaban J connectivity index is 1.79. The summed E-state index contributed by atoms with van der Waals surface area (Å²) in [6.07, 6.45) is 1.38. The van der Waals surface area contributed by atoms with Gasteiger partial charge in [0.2, 0.25) is 5.91 Å². The molecule has 0 bridgehead atoms. The van der Waals surface area contributed by atoms with Gasteiger partial charge in [-0.05, 0) is 42.6 Å². The van der Waals surface area contributed by atoms with E-state index >= 15 is 0 Å². The van der Waals surface area contributed by atoms with Gasteiger partial charge in [0.05, 0.1) is 17.5 Å². The molecule has 1 saturated heterocycles. The smallest absolute Gasteiger partial charge is 0.233 e. The number of carbonyl (C=O) groups excluding carboxylic acids is 1. The van der Waals surface area contributed by atoms with Gasteiger partial charge in [-0.25, -0.2) is 0 Å². The average Bonchev–Trinajstić information content (AvgIpc) is 2.96. The Bertz CT molecular complexity index is 629. The van der Waals surface area contributed by atoms with E-state index in [4.69, 9.17) is 9.47 Å². The van der Waals surface area contributed by atoms with Crippen molar-refractivity contribution in [3.05, 3.63) is 23.6 Å². The monoisotopic (exact) mass is 306 g/mol. The van der Waals surface area contributed by atoms with Gasteiger partial charge in [0, 0.05) is 36.8 Å². The molecule has 2 heterocycles. The van der Waals surface area contributed by atoms with Gasteiger partial charge in [0.1, 0.15) is 0 Å². The quantitative estimate of drug-likeness (QED) is 0.943. The van der Waals surface area contributed by atoms with E-state index in [0.29, 0.717) is 32.7 Å². The van der Waals surface area contributed by atoms with Crippen LogP contribution in [0.3, 0.4) is 0 Å². The highest BCUT2D eigenvalue weighted by molar-refractivity contribution is 7.04. The molecule has 21 heavy (non-hydrogen) atoms. The van der Waals surface area contributed by atoms with E-state index in [1.54, 1.807) is 7.11 Å². The molecule has 1 aliphatic heterocycles. The van der Waals surface area contributed by atoms with Gasteiger partial charge in [-0.3, -0.25) is 4.79 Å². The van der Waals surface area contributed by atoms with Crippen LogP contribution in [0.2, 0.25) is 0 Å². The summed E-state index contributed by atoms with van der Waals surface area (Å²) in [5, 5.41) is 6.04. The highest BCUT2D eigenvalue weighted by Crippen LogP contribution is 2.32. The number of hydrogen-bond donors (Lipinski definition) is 1. The number of nitrogens with zero attached hydrogens (tertiary/aromatic N) is 1. The second-order valence-corrected chi connectivity index (χ2v) is 6.00. The Kier molecular flexibility index (Phi) is 4.19. The molecule has 0 saturated carbocycles. The lowest BCUT2D eigenvalue weighted by molar-refractivity contribution is -0.135. The summed E-state index contributed by atoms with van der Waals surface area (Å²) in [4.78, 5) is 12.7. The van der Waals surface area contributed by atoms with Crippen LogP contribution in [-0.4, -0.2) is 37.2 Å². The largest absolute Gasteiger partial charge is 0.384 e. The summed E-state index contributed by atoms with van der Waals surface area (Å²) in [5.41, 5.74) is 1.26. The number of anilines is 1. The molecule has 1 N–H and O–H groups in total. The van der Waals surface area contributed by atoms with Crippen LogP contribution in [0.15, 0.2) is 23.6 Å². The zero-order valence-electron chi connectivity index (χ0n) is 11.9. The summed E-state index contributed by atoms with van der Waals surface area (Å²) in [7, 11) is 1.63. The highest BCUT2D eigenvalue weighted by Gasteiger charge is 2.40. The third kappa shape index (κ3) is 2.92. The third-order valence-corrected chi connectivity index (χ3v) is 4.63. The van der Waals surface area contributed by atoms with E-state index < -0.39 is 5.41 Å². The number of benzene rings is 1. The standard InChI is InChI=1S/C15H18N2O3S/c1-19-10-15(4-6-20-7-5-15)14(18)16-12-2-3-13-11(8-12)9-21-17-13/h2-3,8-9H,4-7,10H2,1H3,(H,16,18). The molecule has 5 nitrogen and oxygen atoms in total. The number of methoxy groups -OCH3 is 1. The van der Waals surface area contributed by atoms with E-state index in [1.807, 2.05) is 23.6 Å². The second kappa shape index (κ2) is 6.09. The number of rotatable bonds is 4. The van der Waals surface area contributed by atoms with E-state index in [0.717, 1.165) is 16.6 Å². The van der Waals surface area contributed by atoms with E-state index in [2.05, 4.69) is 9.69 Å². The molecular weight excluding hydrogens is 288 g/mol. The van der Waals surface area contributed by atoms with Crippen molar-refractivity contribution >= 4 is 34.0 Å². The Morgan fingerprint density at radius 1 is 1.48 bits per heavy atom. The van der Waals surface area contributed by atoms with Crippen molar-refractivity contribution in [1.82, 2.24) is 4.37 Å². The van der Waals surface area contributed by atoms with Crippen molar-refractivity contribution in [2.45, 2.75) is 12.8 Å². The Labute approximate surface area is 127 Å². The van der Waals surface area contributed by atoms with E-state index in [-0.39, 0.29) is 5.91 Å². The molecule has 3 rings (SSSR count). The Morgan fingerprint density at radius 2 is 2.29 bits per heavy atom. The molecule has 0 spiro atoms. The average molecular weight is 306 g/mol. The molecule has 2 aromatic rings. The number of hydrogen-bond acceptors (Lipinski definition) is 5. The minimum Gasteiger partial charge on any atom is -0.384 e. The van der Waals surface area contributed by atoms with Crippen molar-refractivity contribution in [3.8, 4) is 0 Å². The Morgan fingerprint density at radius 3 is 3.05 bits per heavy atom. The lowest BCUT2D eigenvalue weighted by atomic mass is 9.80. The van der Waals surface area contributed by atoms with Gasteiger partial charge in [0.25, 0.3) is 0 Å². The fourth-order valence-electron chi connectivity index (χ4n) is 2.69. The first kappa shape index (κ1) is 14.4. The van der Waals surface area contributed by atoms with Gasteiger partial charge in [-0.2, -0.15) is 4.37 Å². The summed E-state index contributed by atoms with van der Waals surface area (Å²) in [5.74, 6) is 0.00943. The fraction of sp³-hybridized carbons (Fsp3) is 0.467. The number of amides is 1. The molecule has 6 heteroatoms. The van der Waals surface area contributed by atoms with Crippen LogP contribution in [0, 0.1) is 5.41 Å². The number of ether oxygens (including phenoxy) is 2. The van der Waals surface area contributed by atoms with Crippen LogP contribution >= 0.6 is 11.5 Å². The highest BCUT2D eigenvalue weighted by atomic mass is 32.1. The zero-order chi connectivity index (χ0) is 14.7. The summed E-state index contributed by atoms with van der Waals surface area (Å²) >= 11 is 1.42. The van der Waals surface area contributed by atoms with Crippen molar-refractivity contribution in [1.29, 1.82) is 0 Å². The Hall–Kier alpha value is -1.50. The summed E-state index contributed by atoms with van der Waals surface area (Å²) < 4.78 is 14.9. The maximum absolute atomic E-state index is 12.7. The molecule has 0 aliphatic carbocycles. The van der Waals surface area contributed by atoms with Crippen molar-refractivity contribution in [2.24, 2.45) is 5.41 Å². The normalized spacial score (nSPS) is 17.8. The van der Waals surface area contributed by atoms with Crippen LogP contribution in [-0.2, 0) is 14.3 Å². The van der Waals surface area contributed by atoms with Gasteiger partial charge >= 0.3 is 0 Å². The van der Waals surface area contributed by atoms with Crippen LogP contribution < -0.4 is 5.32 Å². The molecule has 1 aromatic carbocycles. The van der Waals surface area contributed by atoms with Crippen LogP contribution in [0.1, 0.15) is 12.8 Å². The minimum absolute atomic E-state index is 0.00943. The first-order chi connectivity index (χ1) is 10.2. The maximum atomic E-state index is 12.7. The topological polar surface area (TPSA) is 60.5 Å². The van der Waals surface area contributed by atoms with Gasteiger partial charge in [-0.1, -0.05) is 0 Å². The van der Waals surface area contributed by atoms with E-state index in [1.165, 1.54) is 11.5 Å². The lowest BCUT2D eigenvalue weighted by Crippen LogP contribution is -2.44. The molecule has 112 valence electrons. The van der Waals surface area contributed by atoms with Gasteiger partial charge in [-0.15, -0.1) is 0 Å². The minimum atomic E-state index is -0.491. The molecular formula is C15H18N2O3S. The van der Waals surface area contributed by atoms with Gasteiger partial charge < -0.3 is 14.8 Å². The zero-order valence-corrected chi connectivity index (χ0v) is 12.7. The second-order valence-electron chi connectivity index (χ2n) is 5.37. The molecule has 1 aromatic heterocycles. The molecule has 1 fully saturated rings. The predicted molar refractivity (Wildman–Crippen MR) is 82.6 cm³/mol. The van der Waals surface area contributed by atoms with Crippen molar-refractivity contribution in [3.63, 3.8) is 0 Å². The third-order valence-electron chi connectivity index (χ3n) is 3.97. The fourth-order valence-corrected chi connectivity index (χ4v) is 3.32. The van der Waals surface area contributed by atoms with Crippen molar-refractivity contribution in [2.75, 3.05) is 32.2 Å². The first-order valence-electron chi connectivity index (χ1n) is 6.96. The molecule has 0 atom stereocenters. The first-order valence-corrected chi connectivity index (χ1v) is 7.79. The number of nitrogens with one attached hydrogen (secondary N) is 1. The SMILES string of the molecule is COCC1(C(=O)Nc2ccc3nscc3c2)CCOCC1. The number of fused-ring (bicyclic) bond motifs is 1. The van der Waals surface area contributed by atoms with E-state index in [9.17, 15) is 4.79 Å². The summed E-state index contributed by atoms with van der Waals surface area (Å²) in [6.45, 7) is 1.62.